The Hall–Kier alpha value is -1.14. The third-order valence-corrected chi connectivity index (χ3v) is 2.62. The zero-order valence-electron chi connectivity index (χ0n) is 12.7. The van der Waals surface area contributed by atoms with E-state index in [-0.39, 0.29) is 13.2 Å². The highest BCUT2D eigenvalue weighted by atomic mass is 16.6. The van der Waals surface area contributed by atoms with Gasteiger partial charge in [0.25, 0.3) is 0 Å². The first kappa shape index (κ1) is 18.9. The zero-order valence-corrected chi connectivity index (χ0v) is 12.7. The van der Waals surface area contributed by atoms with E-state index in [1.165, 1.54) is 0 Å². The average molecular weight is 290 g/mol. The standard InChI is InChI=1S/C14H26O6/c1-4-7-12(13(15)19-10-5-8-17-2)14(16)20-11-6-9-18-3/h12H,4-11H2,1-3H3. The van der Waals surface area contributed by atoms with E-state index in [1.807, 2.05) is 6.92 Å². The lowest BCUT2D eigenvalue weighted by Crippen LogP contribution is -2.28. The number of esters is 2. The molecule has 0 N–H and O–H groups in total. The third kappa shape index (κ3) is 8.87. The summed E-state index contributed by atoms with van der Waals surface area (Å²) >= 11 is 0. The molecule has 0 aliphatic rings. The summed E-state index contributed by atoms with van der Waals surface area (Å²) in [5.41, 5.74) is 0. The second kappa shape index (κ2) is 12.9. The first-order chi connectivity index (χ1) is 9.67. The Morgan fingerprint density at radius 3 is 1.65 bits per heavy atom. The third-order valence-electron chi connectivity index (χ3n) is 2.62. The van der Waals surface area contributed by atoms with Crippen LogP contribution in [0.1, 0.15) is 32.6 Å². The molecule has 0 saturated carbocycles. The Morgan fingerprint density at radius 2 is 1.30 bits per heavy atom. The molecule has 118 valence electrons. The molecule has 0 spiro atoms. The second-order valence-electron chi connectivity index (χ2n) is 4.37. The maximum atomic E-state index is 11.8. The van der Waals surface area contributed by atoms with Gasteiger partial charge in [0.15, 0.2) is 5.92 Å². The normalized spacial score (nSPS) is 10.6. The summed E-state index contributed by atoms with van der Waals surface area (Å²) in [4.78, 5) is 23.7. The van der Waals surface area contributed by atoms with Crippen molar-refractivity contribution in [3.8, 4) is 0 Å². The van der Waals surface area contributed by atoms with Crippen molar-refractivity contribution in [2.45, 2.75) is 32.6 Å². The van der Waals surface area contributed by atoms with E-state index >= 15 is 0 Å². The molecule has 0 unspecified atom stereocenters. The van der Waals surface area contributed by atoms with E-state index in [4.69, 9.17) is 18.9 Å². The number of hydrogen-bond acceptors (Lipinski definition) is 6. The van der Waals surface area contributed by atoms with Crippen molar-refractivity contribution >= 4 is 11.9 Å². The minimum absolute atomic E-state index is 0.254. The van der Waals surface area contributed by atoms with Crippen LogP contribution in [-0.4, -0.2) is 52.6 Å². The molecule has 0 fully saturated rings. The Labute approximate surface area is 120 Å². The Balaban J connectivity index is 4.10. The van der Waals surface area contributed by atoms with Crippen molar-refractivity contribution in [1.29, 1.82) is 0 Å². The quantitative estimate of drug-likeness (QED) is 0.308. The molecule has 0 aliphatic carbocycles. The highest BCUT2D eigenvalue weighted by molar-refractivity contribution is 5.94. The predicted molar refractivity (Wildman–Crippen MR) is 73.3 cm³/mol. The van der Waals surface area contributed by atoms with Crippen LogP contribution in [0.25, 0.3) is 0 Å². The summed E-state index contributed by atoms with van der Waals surface area (Å²) in [6, 6.07) is 0. The highest BCUT2D eigenvalue weighted by Gasteiger charge is 2.28. The van der Waals surface area contributed by atoms with Gasteiger partial charge in [-0.15, -0.1) is 0 Å². The van der Waals surface area contributed by atoms with Crippen molar-refractivity contribution in [3.63, 3.8) is 0 Å². The van der Waals surface area contributed by atoms with Crippen molar-refractivity contribution in [1.82, 2.24) is 0 Å². The predicted octanol–water partition coefficient (Wildman–Crippen LogP) is 1.56. The number of ether oxygens (including phenoxy) is 4. The largest absolute Gasteiger partial charge is 0.465 e. The van der Waals surface area contributed by atoms with Gasteiger partial charge in [-0.1, -0.05) is 13.3 Å². The molecule has 0 heterocycles. The van der Waals surface area contributed by atoms with Crippen LogP contribution in [-0.2, 0) is 28.5 Å². The summed E-state index contributed by atoms with van der Waals surface area (Å²) in [7, 11) is 3.16. The van der Waals surface area contributed by atoms with Gasteiger partial charge in [-0.2, -0.15) is 0 Å². The number of rotatable bonds is 12. The van der Waals surface area contributed by atoms with E-state index in [1.54, 1.807) is 14.2 Å². The van der Waals surface area contributed by atoms with Gasteiger partial charge in [-0.05, 0) is 6.42 Å². The fourth-order valence-corrected chi connectivity index (χ4v) is 1.57. The first-order valence-corrected chi connectivity index (χ1v) is 6.98. The van der Waals surface area contributed by atoms with Crippen molar-refractivity contribution in [2.75, 3.05) is 40.6 Å². The Morgan fingerprint density at radius 1 is 0.850 bits per heavy atom. The van der Waals surface area contributed by atoms with Crippen LogP contribution < -0.4 is 0 Å². The van der Waals surface area contributed by atoms with Gasteiger partial charge in [0, 0.05) is 40.3 Å². The molecule has 0 atom stereocenters. The maximum absolute atomic E-state index is 11.8. The number of carbonyl (C=O) groups excluding carboxylic acids is 2. The van der Waals surface area contributed by atoms with E-state index in [0.717, 1.165) is 0 Å². The summed E-state index contributed by atoms with van der Waals surface area (Å²) in [5, 5.41) is 0. The SMILES string of the molecule is CCCC(C(=O)OCCCOC)C(=O)OCCCOC. The van der Waals surface area contributed by atoms with Crippen molar-refractivity contribution in [3.05, 3.63) is 0 Å². The maximum Gasteiger partial charge on any atom is 0.320 e. The highest BCUT2D eigenvalue weighted by Crippen LogP contribution is 2.11. The van der Waals surface area contributed by atoms with Crippen LogP contribution in [0.4, 0.5) is 0 Å². The number of methoxy groups -OCH3 is 2. The molecule has 0 aromatic carbocycles. The summed E-state index contributed by atoms with van der Waals surface area (Å²) in [6.07, 6.45) is 2.38. The molecule has 0 radical (unpaired) electrons. The van der Waals surface area contributed by atoms with Gasteiger partial charge in [-0.25, -0.2) is 0 Å². The topological polar surface area (TPSA) is 71.1 Å². The lowest BCUT2D eigenvalue weighted by Gasteiger charge is -2.14. The van der Waals surface area contributed by atoms with E-state index < -0.39 is 17.9 Å². The second-order valence-corrected chi connectivity index (χ2v) is 4.37. The van der Waals surface area contributed by atoms with Gasteiger partial charge in [0.2, 0.25) is 0 Å². The van der Waals surface area contributed by atoms with E-state index in [9.17, 15) is 9.59 Å². The van der Waals surface area contributed by atoms with Crippen LogP contribution >= 0.6 is 0 Å². The lowest BCUT2D eigenvalue weighted by atomic mass is 10.0. The average Bonchev–Trinajstić information content (AvgIpc) is 2.45. The van der Waals surface area contributed by atoms with Crippen LogP contribution in [0.15, 0.2) is 0 Å². The number of hydrogen-bond donors (Lipinski definition) is 0. The molecular weight excluding hydrogens is 264 g/mol. The summed E-state index contributed by atoms with van der Waals surface area (Å²) in [6.45, 7) is 3.46. The van der Waals surface area contributed by atoms with Crippen LogP contribution in [0.2, 0.25) is 0 Å². The van der Waals surface area contributed by atoms with Gasteiger partial charge >= 0.3 is 11.9 Å². The monoisotopic (exact) mass is 290 g/mol. The van der Waals surface area contributed by atoms with E-state index in [2.05, 4.69) is 0 Å². The first-order valence-electron chi connectivity index (χ1n) is 6.98. The number of carbonyl (C=O) groups is 2. The molecule has 6 heteroatoms. The van der Waals surface area contributed by atoms with Crippen molar-refractivity contribution < 1.29 is 28.5 Å². The molecule has 0 rings (SSSR count). The molecule has 20 heavy (non-hydrogen) atoms. The Bertz CT molecular complexity index is 242. The van der Waals surface area contributed by atoms with Crippen molar-refractivity contribution in [2.24, 2.45) is 5.92 Å². The molecule has 0 saturated heterocycles. The smallest absolute Gasteiger partial charge is 0.320 e. The summed E-state index contributed by atoms with van der Waals surface area (Å²) in [5.74, 6) is -1.86. The molecule has 0 aromatic rings. The zero-order chi connectivity index (χ0) is 15.2. The molecular formula is C14H26O6. The molecule has 0 aliphatic heterocycles. The summed E-state index contributed by atoms with van der Waals surface area (Å²) < 4.78 is 19.8. The Kier molecular flexibility index (Phi) is 12.1. The van der Waals surface area contributed by atoms with Crippen LogP contribution in [0, 0.1) is 5.92 Å². The molecule has 0 aromatic heterocycles. The molecule has 0 bridgehead atoms. The lowest BCUT2D eigenvalue weighted by molar-refractivity contribution is -0.162. The fraction of sp³-hybridized carbons (Fsp3) is 0.857. The van der Waals surface area contributed by atoms with E-state index in [0.29, 0.717) is 38.9 Å². The minimum atomic E-state index is -0.829. The van der Waals surface area contributed by atoms with Gasteiger partial charge in [-0.3, -0.25) is 9.59 Å². The van der Waals surface area contributed by atoms with Crippen LogP contribution in [0.3, 0.4) is 0 Å². The van der Waals surface area contributed by atoms with Gasteiger partial charge in [0.05, 0.1) is 13.2 Å². The molecule has 6 nitrogen and oxygen atoms in total. The minimum Gasteiger partial charge on any atom is -0.465 e. The van der Waals surface area contributed by atoms with Crippen LogP contribution in [0.5, 0.6) is 0 Å². The van der Waals surface area contributed by atoms with Gasteiger partial charge < -0.3 is 18.9 Å². The fourth-order valence-electron chi connectivity index (χ4n) is 1.57. The van der Waals surface area contributed by atoms with Gasteiger partial charge in [0.1, 0.15) is 0 Å². The molecule has 0 amide bonds.